The predicted octanol–water partition coefficient (Wildman–Crippen LogP) is 0.404. The molecule has 0 aromatic heterocycles. The number of carbonyl (C=O) groups is 2. The lowest BCUT2D eigenvalue weighted by Gasteiger charge is -2.39. The van der Waals surface area contributed by atoms with E-state index in [9.17, 15) is 14.7 Å². The number of nitrogens with zero attached hydrogens (tertiary/aromatic N) is 1. The fourth-order valence-corrected chi connectivity index (χ4v) is 3.07. The minimum absolute atomic E-state index is 0.182. The molecule has 120 valence electrons. The summed E-state index contributed by atoms with van der Waals surface area (Å²) in [5.74, 6) is -0.972. The summed E-state index contributed by atoms with van der Waals surface area (Å²) < 4.78 is 5.22. The van der Waals surface area contributed by atoms with Gasteiger partial charge in [-0.3, -0.25) is 0 Å². The normalized spacial score (nSPS) is 22.5. The van der Waals surface area contributed by atoms with E-state index in [1.165, 1.54) is 0 Å². The summed E-state index contributed by atoms with van der Waals surface area (Å²) in [7, 11) is 0. The molecule has 0 aliphatic carbocycles. The number of carbonyl (C=O) groups excluding carboxylic acids is 1. The zero-order valence-corrected chi connectivity index (χ0v) is 12.6. The zero-order chi connectivity index (χ0) is 15.3. The largest absolute Gasteiger partial charge is 0.480 e. The van der Waals surface area contributed by atoms with Crippen LogP contribution >= 0.6 is 0 Å². The maximum Gasteiger partial charge on any atom is 0.329 e. The lowest BCUT2D eigenvalue weighted by molar-refractivity contribution is -0.148. The van der Waals surface area contributed by atoms with Gasteiger partial charge in [-0.15, -0.1) is 0 Å². The number of aliphatic carboxylic acids is 1. The van der Waals surface area contributed by atoms with Crippen LogP contribution in [0.1, 0.15) is 32.6 Å². The van der Waals surface area contributed by atoms with Gasteiger partial charge in [0.25, 0.3) is 0 Å². The molecule has 3 N–H and O–H groups in total. The Hall–Kier alpha value is -1.34. The smallest absolute Gasteiger partial charge is 0.329 e. The van der Waals surface area contributed by atoms with Gasteiger partial charge in [-0.1, -0.05) is 0 Å². The van der Waals surface area contributed by atoms with E-state index in [2.05, 4.69) is 10.6 Å². The van der Waals surface area contributed by atoms with Crippen molar-refractivity contribution in [3.05, 3.63) is 0 Å². The molecule has 0 radical (unpaired) electrons. The Morgan fingerprint density at radius 2 is 1.95 bits per heavy atom. The number of hydrogen-bond acceptors (Lipinski definition) is 4. The number of ether oxygens (including phenoxy) is 1. The van der Waals surface area contributed by atoms with Gasteiger partial charge < -0.3 is 25.4 Å². The number of carboxylic acids is 1. The highest BCUT2D eigenvalue weighted by molar-refractivity contribution is 5.86. The van der Waals surface area contributed by atoms with Gasteiger partial charge in [-0.25, -0.2) is 9.59 Å². The van der Waals surface area contributed by atoms with Gasteiger partial charge in [0, 0.05) is 38.6 Å². The summed E-state index contributed by atoms with van der Waals surface area (Å²) in [6, 6.07) is -0.0874. The molecular formula is C14H25N3O4. The number of hydrogen-bond donors (Lipinski definition) is 3. The van der Waals surface area contributed by atoms with Gasteiger partial charge in [-0.2, -0.15) is 0 Å². The van der Waals surface area contributed by atoms with Crippen molar-refractivity contribution in [2.24, 2.45) is 0 Å². The van der Waals surface area contributed by atoms with Crippen LogP contribution in [0.25, 0.3) is 0 Å². The lowest BCUT2D eigenvalue weighted by atomic mass is 9.90. The minimum Gasteiger partial charge on any atom is -0.480 e. The molecule has 21 heavy (non-hydrogen) atoms. The van der Waals surface area contributed by atoms with E-state index >= 15 is 0 Å². The van der Waals surface area contributed by atoms with Crippen LogP contribution in [0.2, 0.25) is 0 Å². The van der Waals surface area contributed by atoms with Crippen LogP contribution in [0.5, 0.6) is 0 Å². The summed E-state index contributed by atoms with van der Waals surface area (Å²) in [6.07, 6.45) is 2.45. The Balaban J connectivity index is 2.04. The molecule has 2 aliphatic heterocycles. The molecule has 2 heterocycles. The van der Waals surface area contributed by atoms with Crippen molar-refractivity contribution in [2.75, 3.05) is 32.8 Å². The second-order valence-electron chi connectivity index (χ2n) is 5.70. The summed E-state index contributed by atoms with van der Waals surface area (Å²) in [5, 5.41) is 15.5. The second kappa shape index (κ2) is 7.09. The summed E-state index contributed by atoms with van der Waals surface area (Å²) in [6.45, 7) is 5.04. The summed E-state index contributed by atoms with van der Waals surface area (Å²) in [4.78, 5) is 25.9. The molecule has 7 nitrogen and oxygen atoms in total. The highest BCUT2D eigenvalue weighted by Crippen LogP contribution is 2.22. The van der Waals surface area contributed by atoms with E-state index in [-0.39, 0.29) is 12.1 Å². The fraction of sp³-hybridized carbons (Fsp3) is 0.857. The quantitative estimate of drug-likeness (QED) is 0.699. The Bertz CT molecular complexity index is 376. The molecule has 0 saturated carbocycles. The van der Waals surface area contributed by atoms with Gasteiger partial charge in [0.05, 0.1) is 0 Å². The third-order valence-corrected chi connectivity index (χ3v) is 4.45. The molecule has 2 aliphatic rings. The van der Waals surface area contributed by atoms with Crippen LogP contribution in [0, 0.1) is 0 Å². The van der Waals surface area contributed by atoms with Gasteiger partial charge in [0.2, 0.25) is 0 Å². The van der Waals surface area contributed by atoms with Crippen molar-refractivity contribution in [3.8, 4) is 0 Å². The van der Waals surface area contributed by atoms with Crippen LogP contribution in [-0.2, 0) is 9.53 Å². The van der Waals surface area contributed by atoms with Crippen molar-refractivity contribution < 1.29 is 19.4 Å². The van der Waals surface area contributed by atoms with Crippen molar-refractivity contribution >= 4 is 12.0 Å². The molecule has 0 aromatic carbocycles. The number of urea groups is 1. The monoisotopic (exact) mass is 299 g/mol. The van der Waals surface area contributed by atoms with E-state index in [0.29, 0.717) is 32.6 Å². The van der Waals surface area contributed by atoms with Gasteiger partial charge >= 0.3 is 12.0 Å². The number of rotatable bonds is 4. The third-order valence-electron chi connectivity index (χ3n) is 4.45. The Labute approximate surface area is 125 Å². The van der Waals surface area contributed by atoms with Crippen LogP contribution in [-0.4, -0.2) is 66.4 Å². The molecule has 0 aromatic rings. The molecule has 0 atom stereocenters. The molecule has 2 fully saturated rings. The fourth-order valence-electron chi connectivity index (χ4n) is 3.07. The maximum atomic E-state index is 12.5. The first-order valence-corrected chi connectivity index (χ1v) is 7.70. The lowest BCUT2D eigenvalue weighted by Crippen LogP contribution is -2.61. The maximum absolute atomic E-state index is 12.5. The van der Waals surface area contributed by atoms with Crippen molar-refractivity contribution in [1.82, 2.24) is 15.5 Å². The molecule has 0 spiro atoms. The number of carboxylic acid groups (broad SMARTS) is 1. The predicted molar refractivity (Wildman–Crippen MR) is 77.2 cm³/mol. The Kier molecular flexibility index (Phi) is 5.41. The zero-order valence-electron chi connectivity index (χ0n) is 12.6. The third kappa shape index (κ3) is 3.65. The summed E-state index contributed by atoms with van der Waals surface area (Å²) in [5.41, 5.74) is -1.18. The van der Waals surface area contributed by atoms with E-state index in [1.54, 1.807) is 4.90 Å². The molecule has 0 bridgehead atoms. The second-order valence-corrected chi connectivity index (χ2v) is 5.70. The van der Waals surface area contributed by atoms with E-state index in [0.717, 1.165) is 25.9 Å². The van der Waals surface area contributed by atoms with Gasteiger partial charge in [0.1, 0.15) is 5.54 Å². The molecule has 2 saturated heterocycles. The molecule has 2 amide bonds. The van der Waals surface area contributed by atoms with Gasteiger partial charge in [0.15, 0.2) is 0 Å². The molecule has 7 heteroatoms. The first kappa shape index (κ1) is 16.0. The topological polar surface area (TPSA) is 90.9 Å². The Morgan fingerprint density at radius 3 is 2.48 bits per heavy atom. The van der Waals surface area contributed by atoms with E-state index in [4.69, 9.17) is 4.74 Å². The van der Waals surface area contributed by atoms with Gasteiger partial charge in [-0.05, 0) is 32.9 Å². The first-order chi connectivity index (χ1) is 10.1. The number of amides is 2. The number of nitrogens with one attached hydrogen (secondary N) is 2. The van der Waals surface area contributed by atoms with E-state index in [1.807, 2.05) is 6.92 Å². The van der Waals surface area contributed by atoms with Crippen molar-refractivity contribution in [1.29, 1.82) is 0 Å². The van der Waals surface area contributed by atoms with E-state index < -0.39 is 11.5 Å². The average Bonchev–Trinajstić information content (AvgIpc) is 2.50. The summed E-state index contributed by atoms with van der Waals surface area (Å²) >= 11 is 0. The van der Waals surface area contributed by atoms with Crippen molar-refractivity contribution in [2.45, 2.75) is 44.2 Å². The van der Waals surface area contributed by atoms with Crippen LogP contribution in [0.4, 0.5) is 4.79 Å². The van der Waals surface area contributed by atoms with Crippen LogP contribution in [0.3, 0.4) is 0 Å². The first-order valence-electron chi connectivity index (χ1n) is 7.70. The molecular weight excluding hydrogens is 274 g/mol. The molecule has 2 rings (SSSR count). The SMILES string of the molecule is CCN(C(=O)NC1(C(=O)O)CCOCC1)C1CCNCC1. The van der Waals surface area contributed by atoms with Crippen LogP contribution in [0.15, 0.2) is 0 Å². The Morgan fingerprint density at radius 1 is 1.33 bits per heavy atom. The minimum atomic E-state index is -1.18. The van der Waals surface area contributed by atoms with Crippen molar-refractivity contribution in [3.63, 3.8) is 0 Å². The van der Waals surface area contributed by atoms with Crippen LogP contribution < -0.4 is 10.6 Å². The molecule has 0 unspecified atom stereocenters. The number of piperidine rings is 1. The highest BCUT2D eigenvalue weighted by atomic mass is 16.5. The highest BCUT2D eigenvalue weighted by Gasteiger charge is 2.43. The average molecular weight is 299 g/mol. The standard InChI is InChI=1S/C14H25N3O4/c1-2-17(11-3-7-15-8-4-11)13(20)16-14(12(18)19)5-9-21-10-6-14/h11,15H,2-10H2,1H3,(H,16,20)(H,18,19).